The molecular formula is C18H23BrO. The van der Waals surface area contributed by atoms with Crippen LogP contribution in [-0.2, 0) is 6.42 Å². The van der Waals surface area contributed by atoms with E-state index in [1.165, 1.54) is 48.6 Å². The van der Waals surface area contributed by atoms with Crippen LogP contribution in [0.15, 0.2) is 34.8 Å². The normalized spacial score (nSPS) is 22.5. The van der Waals surface area contributed by atoms with E-state index >= 15 is 0 Å². The molecule has 0 saturated carbocycles. The first kappa shape index (κ1) is 15.5. The molecule has 1 unspecified atom stereocenters. The van der Waals surface area contributed by atoms with Gasteiger partial charge in [-0.15, -0.1) is 0 Å². The number of benzene rings is 1. The lowest BCUT2D eigenvalue weighted by Gasteiger charge is -2.19. The van der Waals surface area contributed by atoms with E-state index in [2.05, 4.69) is 34.1 Å². The van der Waals surface area contributed by atoms with Crippen LogP contribution in [0.2, 0.25) is 0 Å². The van der Waals surface area contributed by atoms with Crippen LogP contribution in [0.4, 0.5) is 0 Å². The Labute approximate surface area is 130 Å². The Morgan fingerprint density at radius 3 is 2.65 bits per heavy atom. The molecule has 20 heavy (non-hydrogen) atoms. The highest BCUT2D eigenvalue weighted by atomic mass is 79.9. The van der Waals surface area contributed by atoms with Crippen molar-refractivity contribution in [2.75, 3.05) is 0 Å². The molecule has 0 heterocycles. The van der Waals surface area contributed by atoms with Crippen LogP contribution in [0.25, 0.3) is 0 Å². The Kier molecular flexibility index (Phi) is 6.03. The zero-order valence-corrected chi connectivity index (χ0v) is 13.8. The molecule has 0 aliphatic heterocycles. The third-order valence-electron chi connectivity index (χ3n) is 4.13. The molecule has 0 amide bonds. The van der Waals surface area contributed by atoms with Gasteiger partial charge in [0.15, 0.2) is 5.78 Å². The lowest BCUT2D eigenvalue weighted by Crippen LogP contribution is -2.05. The molecule has 0 fully saturated rings. The maximum atomic E-state index is 11.3. The van der Waals surface area contributed by atoms with Crippen molar-refractivity contribution >= 4 is 21.7 Å². The third-order valence-corrected chi connectivity index (χ3v) is 5.10. The first-order valence-corrected chi connectivity index (χ1v) is 8.41. The average Bonchev–Trinajstić information content (AvgIpc) is 2.43. The maximum Gasteiger partial charge on any atom is 0.159 e. The monoisotopic (exact) mass is 334 g/mol. The van der Waals surface area contributed by atoms with Crippen LogP contribution in [0.1, 0.15) is 61.4 Å². The molecule has 0 spiro atoms. The molecule has 108 valence electrons. The highest BCUT2D eigenvalue weighted by Crippen LogP contribution is 2.31. The molecule has 2 rings (SSSR count). The van der Waals surface area contributed by atoms with Gasteiger partial charge in [0.1, 0.15) is 0 Å². The van der Waals surface area contributed by atoms with E-state index in [9.17, 15) is 4.79 Å². The lowest BCUT2D eigenvalue weighted by atomic mass is 9.91. The van der Waals surface area contributed by atoms with Gasteiger partial charge in [0.2, 0.25) is 0 Å². The minimum Gasteiger partial charge on any atom is -0.295 e. The average molecular weight is 335 g/mol. The van der Waals surface area contributed by atoms with Crippen LogP contribution >= 0.6 is 15.9 Å². The molecule has 0 aromatic heterocycles. The van der Waals surface area contributed by atoms with Crippen LogP contribution < -0.4 is 0 Å². The number of hydrogen-bond acceptors (Lipinski definition) is 1. The molecular weight excluding hydrogens is 312 g/mol. The molecule has 1 aliphatic carbocycles. The Balaban J connectivity index is 1.93. The molecule has 2 heteroatoms. The van der Waals surface area contributed by atoms with Gasteiger partial charge in [-0.05, 0) is 55.0 Å². The second-order valence-electron chi connectivity index (χ2n) is 5.72. The van der Waals surface area contributed by atoms with Gasteiger partial charge >= 0.3 is 0 Å². The van der Waals surface area contributed by atoms with Crippen molar-refractivity contribution < 1.29 is 4.79 Å². The molecule has 1 nitrogen and oxygen atoms in total. The number of allylic oxidation sites excluding steroid dienone is 2. The summed E-state index contributed by atoms with van der Waals surface area (Å²) in [7, 11) is 0. The SMILES string of the molecule is CC(=O)c1ccc(CCC2CCCCC/C=C/2Br)cc1. The second kappa shape index (κ2) is 7.78. The lowest BCUT2D eigenvalue weighted by molar-refractivity contribution is 0.101. The van der Waals surface area contributed by atoms with Gasteiger partial charge in [0, 0.05) is 5.56 Å². The molecule has 0 saturated heterocycles. The van der Waals surface area contributed by atoms with Gasteiger partial charge in [0.25, 0.3) is 0 Å². The molecule has 1 aliphatic rings. The molecule has 1 aromatic carbocycles. The first-order valence-electron chi connectivity index (χ1n) is 7.62. The largest absolute Gasteiger partial charge is 0.295 e. The van der Waals surface area contributed by atoms with Gasteiger partial charge in [-0.25, -0.2) is 0 Å². The zero-order chi connectivity index (χ0) is 14.4. The van der Waals surface area contributed by atoms with E-state index in [1.54, 1.807) is 6.92 Å². The van der Waals surface area contributed by atoms with Gasteiger partial charge in [-0.2, -0.15) is 0 Å². The number of halogens is 1. The number of aryl methyl sites for hydroxylation is 1. The summed E-state index contributed by atoms with van der Waals surface area (Å²) >= 11 is 3.76. The van der Waals surface area contributed by atoms with Crippen LogP contribution in [0.3, 0.4) is 0 Å². The molecule has 1 atom stereocenters. The fourth-order valence-electron chi connectivity index (χ4n) is 2.79. The zero-order valence-electron chi connectivity index (χ0n) is 12.2. The van der Waals surface area contributed by atoms with E-state index < -0.39 is 0 Å². The van der Waals surface area contributed by atoms with E-state index in [1.807, 2.05) is 12.1 Å². The quantitative estimate of drug-likeness (QED) is 0.647. The van der Waals surface area contributed by atoms with Gasteiger partial charge < -0.3 is 0 Å². The predicted octanol–water partition coefficient (Wildman–Crippen LogP) is 5.68. The minimum absolute atomic E-state index is 0.141. The summed E-state index contributed by atoms with van der Waals surface area (Å²) in [4.78, 5) is 11.3. The second-order valence-corrected chi connectivity index (χ2v) is 6.63. The summed E-state index contributed by atoms with van der Waals surface area (Å²) in [5.74, 6) is 0.810. The molecule has 1 aromatic rings. The van der Waals surface area contributed by atoms with Crippen LogP contribution in [0, 0.1) is 5.92 Å². The molecule has 0 bridgehead atoms. The summed E-state index contributed by atoms with van der Waals surface area (Å²) < 4.78 is 1.40. The van der Waals surface area contributed by atoms with Crippen molar-refractivity contribution in [2.45, 2.75) is 51.9 Å². The highest BCUT2D eigenvalue weighted by molar-refractivity contribution is 9.11. The standard InChI is InChI=1S/C18H23BrO/c1-14(20)16-11-8-15(9-12-16)10-13-17-6-4-2-3-5-7-18(17)19/h7-9,11-12,17H,2-6,10,13H2,1H3/b18-7-. The van der Waals surface area contributed by atoms with Gasteiger partial charge in [-0.1, -0.05) is 59.1 Å². The van der Waals surface area contributed by atoms with Crippen molar-refractivity contribution in [3.8, 4) is 0 Å². The Morgan fingerprint density at radius 1 is 1.20 bits per heavy atom. The number of Topliss-reactive ketones (excluding diaryl/α,β-unsaturated/α-hetero) is 1. The predicted molar refractivity (Wildman–Crippen MR) is 88.4 cm³/mol. The fraction of sp³-hybridized carbons (Fsp3) is 0.500. The number of carbonyl (C=O) groups is 1. The number of carbonyl (C=O) groups excluding carboxylic acids is 1. The Morgan fingerprint density at radius 2 is 1.95 bits per heavy atom. The summed E-state index contributed by atoms with van der Waals surface area (Å²) in [5.41, 5.74) is 2.14. The summed E-state index contributed by atoms with van der Waals surface area (Å²) in [5, 5.41) is 0. The maximum absolute atomic E-state index is 11.3. The number of ketones is 1. The van der Waals surface area contributed by atoms with Gasteiger partial charge in [0.05, 0.1) is 0 Å². The van der Waals surface area contributed by atoms with Crippen molar-refractivity contribution in [1.82, 2.24) is 0 Å². The number of rotatable bonds is 4. The summed E-state index contributed by atoms with van der Waals surface area (Å²) in [6.07, 6.45) is 11.2. The summed E-state index contributed by atoms with van der Waals surface area (Å²) in [6, 6.07) is 8.08. The van der Waals surface area contributed by atoms with Crippen molar-refractivity contribution in [3.05, 3.63) is 46.0 Å². The fourth-order valence-corrected chi connectivity index (χ4v) is 3.47. The third kappa shape index (κ3) is 4.59. The first-order chi connectivity index (χ1) is 9.66. The van der Waals surface area contributed by atoms with Crippen LogP contribution in [0.5, 0.6) is 0 Å². The van der Waals surface area contributed by atoms with Crippen molar-refractivity contribution in [2.24, 2.45) is 5.92 Å². The smallest absolute Gasteiger partial charge is 0.159 e. The Hall–Kier alpha value is -0.890. The van der Waals surface area contributed by atoms with E-state index in [0.29, 0.717) is 5.92 Å². The van der Waals surface area contributed by atoms with Crippen molar-refractivity contribution in [3.63, 3.8) is 0 Å². The van der Waals surface area contributed by atoms with Crippen molar-refractivity contribution in [1.29, 1.82) is 0 Å². The molecule has 0 N–H and O–H groups in total. The topological polar surface area (TPSA) is 17.1 Å². The number of hydrogen-bond donors (Lipinski definition) is 0. The van der Waals surface area contributed by atoms with E-state index in [-0.39, 0.29) is 5.78 Å². The van der Waals surface area contributed by atoms with Crippen LogP contribution in [-0.4, -0.2) is 5.78 Å². The molecule has 0 radical (unpaired) electrons. The highest BCUT2D eigenvalue weighted by Gasteiger charge is 2.14. The minimum atomic E-state index is 0.141. The van der Waals surface area contributed by atoms with E-state index in [0.717, 1.165) is 12.0 Å². The van der Waals surface area contributed by atoms with Gasteiger partial charge in [-0.3, -0.25) is 4.79 Å². The Bertz CT molecular complexity index is 473. The summed E-state index contributed by atoms with van der Waals surface area (Å²) in [6.45, 7) is 1.62. The van der Waals surface area contributed by atoms with E-state index in [4.69, 9.17) is 0 Å².